The number of carbonyl (C=O) groups excluding carboxylic acids is 1. The van der Waals surface area contributed by atoms with Crippen LogP contribution in [0.2, 0.25) is 0 Å². The van der Waals surface area contributed by atoms with Crippen LogP contribution >= 0.6 is 0 Å². The first-order chi connectivity index (χ1) is 8.36. The molecule has 2 N–H and O–H groups in total. The minimum Gasteiger partial charge on any atom is -0.468 e. The molecule has 18 heavy (non-hydrogen) atoms. The highest BCUT2D eigenvalue weighted by atomic mass is 16.5. The normalized spacial score (nSPS) is 24.2. The van der Waals surface area contributed by atoms with Gasteiger partial charge < -0.3 is 15.4 Å². The number of likely N-dealkylation sites (tertiary alicyclic amines) is 1. The Bertz CT molecular complexity index is 277. The van der Waals surface area contributed by atoms with Crippen LogP contribution in [0.4, 0.5) is 0 Å². The summed E-state index contributed by atoms with van der Waals surface area (Å²) in [6.45, 7) is 9.75. The quantitative estimate of drug-likeness (QED) is 0.734. The zero-order valence-corrected chi connectivity index (χ0v) is 12.2. The molecular weight excluding hydrogens is 228 g/mol. The van der Waals surface area contributed by atoms with Crippen molar-refractivity contribution in [2.75, 3.05) is 26.7 Å². The van der Waals surface area contributed by atoms with Gasteiger partial charge in [-0.25, -0.2) is 0 Å². The van der Waals surface area contributed by atoms with Crippen LogP contribution in [-0.4, -0.2) is 43.2 Å². The Morgan fingerprint density at radius 2 is 2.22 bits per heavy atom. The van der Waals surface area contributed by atoms with Crippen LogP contribution in [0.15, 0.2) is 0 Å². The van der Waals surface area contributed by atoms with Crippen LogP contribution in [0.5, 0.6) is 0 Å². The Hall–Kier alpha value is -0.610. The van der Waals surface area contributed by atoms with Crippen LogP contribution in [-0.2, 0) is 9.53 Å². The number of methoxy groups -OCH3 is 1. The van der Waals surface area contributed by atoms with Crippen molar-refractivity contribution in [2.24, 2.45) is 17.6 Å². The summed E-state index contributed by atoms with van der Waals surface area (Å²) in [7, 11) is 1.39. The number of carbonyl (C=O) groups is 1. The third-order valence-corrected chi connectivity index (χ3v) is 4.07. The molecule has 4 nitrogen and oxygen atoms in total. The second kappa shape index (κ2) is 6.53. The SMILES string of the molecule is COC(=O)C(C)(N)CCCN1CCC(C(C)C)C1. The van der Waals surface area contributed by atoms with Crippen molar-refractivity contribution in [3.05, 3.63) is 0 Å². The summed E-state index contributed by atoms with van der Waals surface area (Å²) in [5, 5.41) is 0. The van der Waals surface area contributed by atoms with E-state index in [-0.39, 0.29) is 5.97 Å². The van der Waals surface area contributed by atoms with Crippen molar-refractivity contribution in [2.45, 2.75) is 45.6 Å². The predicted octanol–water partition coefficient (Wildman–Crippen LogP) is 1.63. The zero-order valence-electron chi connectivity index (χ0n) is 12.2. The fourth-order valence-corrected chi connectivity index (χ4v) is 2.61. The highest BCUT2D eigenvalue weighted by Gasteiger charge is 2.30. The van der Waals surface area contributed by atoms with Crippen molar-refractivity contribution in [3.8, 4) is 0 Å². The zero-order chi connectivity index (χ0) is 13.8. The molecule has 0 amide bonds. The summed E-state index contributed by atoms with van der Waals surface area (Å²) in [6.07, 6.45) is 2.93. The van der Waals surface area contributed by atoms with E-state index in [9.17, 15) is 4.79 Å². The fraction of sp³-hybridized carbons (Fsp3) is 0.929. The smallest absolute Gasteiger partial charge is 0.325 e. The van der Waals surface area contributed by atoms with Crippen molar-refractivity contribution in [1.82, 2.24) is 4.90 Å². The molecule has 0 bridgehead atoms. The molecule has 2 atom stereocenters. The Balaban J connectivity index is 2.25. The van der Waals surface area contributed by atoms with Crippen LogP contribution in [0, 0.1) is 11.8 Å². The summed E-state index contributed by atoms with van der Waals surface area (Å²) < 4.78 is 4.71. The van der Waals surface area contributed by atoms with Crippen molar-refractivity contribution < 1.29 is 9.53 Å². The van der Waals surface area contributed by atoms with Gasteiger partial charge in [0.2, 0.25) is 0 Å². The van der Waals surface area contributed by atoms with E-state index in [1.54, 1.807) is 6.92 Å². The maximum atomic E-state index is 11.4. The monoisotopic (exact) mass is 256 g/mol. The summed E-state index contributed by atoms with van der Waals surface area (Å²) in [5.74, 6) is 1.28. The lowest BCUT2D eigenvalue weighted by atomic mass is 9.95. The first kappa shape index (κ1) is 15.4. The van der Waals surface area contributed by atoms with Crippen molar-refractivity contribution in [3.63, 3.8) is 0 Å². The molecule has 1 heterocycles. The van der Waals surface area contributed by atoms with Gasteiger partial charge in [0, 0.05) is 6.54 Å². The summed E-state index contributed by atoms with van der Waals surface area (Å²) in [5.41, 5.74) is 5.10. The van der Waals surface area contributed by atoms with E-state index in [0.29, 0.717) is 6.42 Å². The number of hydrogen-bond donors (Lipinski definition) is 1. The maximum Gasteiger partial charge on any atom is 0.325 e. The molecule has 1 fully saturated rings. The van der Waals surface area contributed by atoms with Crippen LogP contribution < -0.4 is 5.73 Å². The second-order valence-corrected chi connectivity index (χ2v) is 6.11. The number of nitrogens with two attached hydrogens (primary N) is 1. The van der Waals surface area contributed by atoms with Crippen molar-refractivity contribution >= 4 is 5.97 Å². The van der Waals surface area contributed by atoms with Gasteiger partial charge >= 0.3 is 5.97 Å². The molecule has 0 saturated carbocycles. The molecule has 0 radical (unpaired) electrons. The lowest BCUT2D eigenvalue weighted by molar-refractivity contribution is -0.146. The van der Waals surface area contributed by atoms with E-state index in [4.69, 9.17) is 10.5 Å². The second-order valence-electron chi connectivity index (χ2n) is 6.11. The minimum atomic E-state index is -0.841. The van der Waals surface area contributed by atoms with Crippen molar-refractivity contribution in [1.29, 1.82) is 0 Å². The Morgan fingerprint density at radius 3 is 2.72 bits per heavy atom. The molecule has 1 aliphatic heterocycles. The van der Waals surface area contributed by atoms with Gasteiger partial charge in [-0.1, -0.05) is 13.8 Å². The predicted molar refractivity (Wildman–Crippen MR) is 73.2 cm³/mol. The molecule has 106 valence electrons. The van der Waals surface area contributed by atoms with Gasteiger partial charge in [-0.3, -0.25) is 4.79 Å². The molecule has 4 heteroatoms. The van der Waals surface area contributed by atoms with E-state index >= 15 is 0 Å². The lowest BCUT2D eigenvalue weighted by Crippen LogP contribution is -2.46. The Labute approximate surface area is 111 Å². The molecule has 0 spiro atoms. The van der Waals surface area contributed by atoms with Gasteiger partial charge in [-0.15, -0.1) is 0 Å². The lowest BCUT2D eigenvalue weighted by Gasteiger charge is -2.23. The standard InChI is InChI=1S/C14H28N2O2/c1-11(2)12-6-9-16(10-12)8-5-7-14(3,15)13(17)18-4/h11-12H,5-10,15H2,1-4H3. The van der Waals surface area contributed by atoms with E-state index in [2.05, 4.69) is 18.7 Å². The molecule has 0 aliphatic carbocycles. The first-order valence-corrected chi connectivity index (χ1v) is 6.96. The van der Waals surface area contributed by atoms with E-state index < -0.39 is 5.54 Å². The van der Waals surface area contributed by atoms with Crippen LogP contribution in [0.25, 0.3) is 0 Å². The third kappa shape index (κ3) is 4.25. The molecule has 1 saturated heterocycles. The number of rotatable bonds is 6. The minimum absolute atomic E-state index is 0.316. The Morgan fingerprint density at radius 1 is 1.56 bits per heavy atom. The van der Waals surface area contributed by atoms with Gasteiger partial charge in [0.1, 0.15) is 5.54 Å². The average Bonchev–Trinajstić information content (AvgIpc) is 2.76. The van der Waals surface area contributed by atoms with E-state index in [1.807, 2.05) is 0 Å². The van der Waals surface area contributed by atoms with E-state index in [1.165, 1.54) is 26.6 Å². The van der Waals surface area contributed by atoms with Gasteiger partial charge in [-0.05, 0) is 51.1 Å². The summed E-state index contributed by atoms with van der Waals surface area (Å²) in [6, 6.07) is 0. The molecule has 0 aromatic heterocycles. The molecule has 1 rings (SSSR count). The average molecular weight is 256 g/mol. The maximum absolute atomic E-state index is 11.4. The Kier molecular flexibility index (Phi) is 5.60. The third-order valence-electron chi connectivity index (χ3n) is 4.07. The molecular formula is C14H28N2O2. The molecule has 1 aliphatic rings. The van der Waals surface area contributed by atoms with E-state index in [0.717, 1.165) is 24.8 Å². The highest BCUT2D eigenvalue weighted by molar-refractivity contribution is 5.79. The largest absolute Gasteiger partial charge is 0.468 e. The fourth-order valence-electron chi connectivity index (χ4n) is 2.61. The topological polar surface area (TPSA) is 55.6 Å². The van der Waals surface area contributed by atoms with Gasteiger partial charge in [0.15, 0.2) is 0 Å². The number of esters is 1. The number of nitrogens with zero attached hydrogens (tertiary/aromatic N) is 1. The highest BCUT2D eigenvalue weighted by Crippen LogP contribution is 2.24. The number of hydrogen-bond acceptors (Lipinski definition) is 4. The van der Waals surface area contributed by atoms with Gasteiger partial charge in [0.25, 0.3) is 0 Å². The summed E-state index contributed by atoms with van der Waals surface area (Å²) >= 11 is 0. The summed E-state index contributed by atoms with van der Waals surface area (Å²) in [4.78, 5) is 13.9. The molecule has 0 aromatic carbocycles. The van der Waals surface area contributed by atoms with Crippen LogP contribution in [0.1, 0.15) is 40.0 Å². The van der Waals surface area contributed by atoms with Gasteiger partial charge in [0.05, 0.1) is 7.11 Å². The first-order valence-electron chi connectivity index (χ1n) is 6.96. The molecule has 0 aromatic rings. The van der Waals surface area contributed by atoms with Gasteiger partial charge in [-0.2, -0.15) is 0 Å². The molecule has 2 unspecified atom stereocenters. The number of ether oxygens (including phenoxy) is 1. The van der Waals surface area contributed by atoms with Crippen LogP contribution in [0.3, 0.4) is 0 Å².